The standard InChI is InChI=1S/C13H21N.ClH/c1-14-3-2-13-7-9-4-10(8-13)6-11(5-9)12(13)14;/h9-12H,2-8H2,1H3;1H/t9-,10+,11?,12-,13?;/m0./s1. The first kappa shape index (κ1) is 10.4. The first-order valence-corrected chi connectivity index (χ1v) is 6.47. The highest BCUT2D eigenvalue weighted by atomic mass is 35.5. The van der Waals surface area contributed by atoms with Gasteiger partial charge in [0, 0.05) is 6.04 Å². The molecule has 4 aliphatic carbocycles. The van der Waals surface area contributed by atoms with Crippen LogP contribution < -0.4 is 0 Å². The lowest BCUT2D eigenvalue weighted by Crippen LogP contribution is -2.56. The highest BCUT2D eigenvalue weighted by Gasteiger charge is 2.60. The molecule has 0 radical (unpaired) electrons. The minimum absolute atomic E-state index is 0. The van der Waals surface area contributed by atoms with Gasteiger partial charge in [-0.1, -0.05) is 0 Å². The van der Waals surface area contributed by atoms with Crippen molar-refractivity contribution in [2.45, 2.75) is 44.6 Å². The van der Waals surface area contributed by atoms with Crippen LogP contribution in [0.1, 0.15) is 38.5 Å². The number of halogens is 1. The van der Waals surface area contributed by atoms with E-state index >= 15 is 0 Å². The van der Waals surface area contributed by atoms with E-state index in [0.29, 0.717) is 0 Å². The van der Waals surface area contributed by atoms with E-state index in [0.717, 1.165) is 29.2 Å². The molecule has 2 heteroatoms. The lowest BCUT2D eigenvalue weighted by molar-refractivity contribution is -0.0864. The highest BCUT2D eigenvalue weighted by molar-refractivity contribution is 5.85. The Morgan fingerprint density at radius 1 is 1.07 bits per heavy atom. The van der Waals surface area contributed by atoms with Crippen molar-refractivity contribution in [2.75, 3.05) is 13.6 Å². The van der Waals surface area contributed by atoms with E-state index in [2.05, 4.69) is 11.9 Å². The maximum atomic E-state index is 2.70. The Kier molecular flexibility index (Phi) is 2.17. The Bertz CT molecular complexity index is 264. The minimum Gasteiger partial charge on any atom is -0.303 e. The van der Waals surface area contributed by atoms with Gasteiger partial charge >= 0.3 is 0 Å². The van der Waals surface area contributed by atoms with Crippen molar-refractivity contribution in [1.29, 1.82) is 0 Å². The number of nitrogens with zero attached hydrogens (tertiary/aromatic N) is 1. The smallest absolute Gasteiger partial charge is 0.0178 e. The van der Waals surface area contributed by atoms with Crippen molar-refractivity contribution in [3.8, 4) is 0 Å². The van der Waals surface area contributed by atoms with Crippen LogP contribution in [0.5, 0.6) is 0 Å². The van der Waals surface area contributed by atoms with Crippen LogP contribution in [0.2, 0.25) is 0 Å². The molecule has 5 aliphatic rings. The minimum atomic E-state index is 0. The first-order chi connectivity index (χ1) is 6.77. The SMILES string of the molecule is CN1CCC23C[C@@H]4CC(C[C@@H](C4)C2)[C@H]13.Cl. The van der Waals surface area contributed by atoms with Gasteiger partial charge in [0.2, 0.25) is 0 Å². The Labute approximate surface area is 99.0 Å². The quantitative estimate of drug-likeness (QED) is 0.615. The summed E-state index contributed by atoms with van der Waals surface area (Å²) >= 11 is 0. The molecule has 5 rings (SSSR count). The molecule has 0 aromatic rings. The monoisotopic (exact) mass is 227 g/mol. The van der Waals surface area contributed by atoms with Gasteiger partial charge in [-0.05, 0) is 75.3 Å². The average Bonchev–Trinajstić information content (AvgIpc) is 2.42. The molecule has 0 aromatic heterocycles. The summed E-state index contributed by atoms with van der Waals surface area (Å²) < 4.78 is 0. The van der Waals surface area contributed by atoms with Gasteiger partial charge in [0.05, 0.1) is 0 Å². The Morgan fingerprint density at radius 2 is 1.73 bits per heavy atom. The normalized spacial score (nSPS) is 56.6. The van der Waals surface area contributed by atoms with E-state index in [1.807, 2.05) is 0 Å². The van der Waals surface area contributed by atoms with Crippen molar-refractivity contribution in [2.24, 2.45) is 23.2 Å². The second-order valence-corrected chi connectivity index (χ2v) is 6.65. The van der Waals surface area contributed by atoms with Gasteiger partial charge in [-0.15, -0.1) is 12.4 Å². The third kappa shape index (κ3) is 1.20. The molecule has 0 amide bonds. The number of rotatable bonds is 0. The van der Waals surface area contributed by atoms with Crippen LogP contribution in [-0.4, -0.2) is 24.5 Å². The average molecular weight is 228 g/mol. The number of hydrogen-bond acceptors (Lipinski definition) is 1. The predicted molar refractivity (Wildman–Crippen MR) is 64.3 cm³/mol. The van der Waals surface area contributed by atoms with Gasteiger partial charge < -0.3 is 4.90 Å². The van der Waals surface area contributed by atoms with Gasteiger partial charge in [0.1, 0.15) is 0 Å². The van der Waals surface area contributed by atoms with Crippen LogP contribution in [-0.2, 0) is 0 Å². The van der Waals surface area contributed by atoms with E-state index in [9.17, 15) is 0 Å². The van der Waals surface area contributed by atoms with Crippen LogP contribution in [0.3, 0.4) is 0 Å². The second-order valence-electron chi connectivity index (χ2n) is 6.65. The Hall–Kier alpha value is 0.250. The van der Waals surface area contributed by atoms with Crippen LogP contribution >= 0.6 is 12.4 Å². The fraction of sp³-hybridized carbons (Fsp3) is 1.00. The lowest BCUT2D eigenvalue weighted by Gasteiger charge is -2.60. The molecule has 1 saturated heterocycles. The molecular weight excluding hydrogens is 206 g/mol. The summed E-state index contributed by atoms with van der Waals surface area (Å²) in [7, 11) is 2.38. The lowest BCUT2D eigenvalue weighted by atomic mass is 9.47. The molecule has 86 valence electrons. The van der Waals surface area contributed by atoms with Crippen LogP contribution in [0.15, 0.2) is 0 Å². The molecule has 4 bridgehead atoms. The number of hydrogen-bond donors (Lipinski definition) is 0. The van der Waals surface area contributed by atoms with Gasteiger partial charge in [0.15, 0.2) is 0 Å². The summed E-state index contributed by atoms with van der Waals surface area (Å²) in [4.78, 5) is 2.70. The molecule has 1 nitrogen and oxygen atoms in total. The van der Waals surface area contributed by atoms with Crippen molar-refractivity contribution >= 4 is 12.4 Å². The van der Waals surface area contributed by atoms with Crippen molar-refractivity contribution in [3.63, 3.8) is 0 Å². The largest absolute Gasteiger partial charge is 0.303 e. The summed E-state index contributed by atoms with van der Waals surface area (Å²) in [6.45, 7) is 1.39. The molecule has 5 fully saturated rings. The summed E-state index contributed by atoms with van der Waals surface area (Å²) in [5.41, 5.74) is 0.809. The van der Waals surface area contributed by atoms with E-state index in [4.69, 9.17) is 0 Å². The Balaban J connectivity index is 0.000000722. The summed E-state index contributed by atoms with van der Waals surface area (Å²) in [5, 5.41) is 0. The van der Waals surface area contributed by atoms with Crippen LogP contribution in [0.25, 0.3) is 0 Å². The predicted octanol–water partition coefficient (Wildman–Crippen LogP) is 2.94. The fourth-order valence-electron chi connectivity index (χ4n) is 5.90. The molecule has 0 N–H and O–H groups in total. The fourth-order valence-corrected chi connectivity index (χ4v) is 5.90. The van der Waals surface area contributed by atoms with Gasteiger partial charge in [-0.3, -0.25) is 0 Å². The molecule has 2 unspecified atom stereocenters. The molecule has 0 aromatic carbocycles. The molecule has 5 atom stereocenters. The van der Waals surface area contributed by atoms with E-state index < -0.39 is 0 Å². The highest BCUT2D eigenvalue weighted by Crippen LogP contribution is 2.64. The third-order valence-electron chi connectivity index (χ3n) is 5.84. The maximum absolute atomic E-state index is 2.70. The molecule has 4 saturated carbocycles. The first-order valence-electron chi connectivity index (χ1n) is 6.47. The molecule has 1 aliphatic heterocycles. The van der Waals surface area contributed by atoms with Crippen molar-refractivity contribution in [1.82, 2.24) is 4.90 Å². The van der Waals surface area contributed by atoms with Crippen LogP contribution in [0.4, 0.5) is 0 Å². The van der Waals surface area contributed by atoms with Gasteiger partial charge in [-0.2, -0.15) is 0 Å². The molecule has 15 heavy (non-hydrogen) atoms. The zero-order valence-corrected chi connectivity index (χ0v) is 10.4. The molecular formula is C13H22ClN. The van der Waals surface area contributed by atoms with Gasteiger partial charge in [-0.25, -0.2) is 0 Å². The molecule has 1 heterocycles. The molecule has 1 spiro atoms. The van der Waals surface area contributed by atoms with Crippen LogP contribution in [0, 0.1) is 23.2 Å². The van der Waals surface area contributed by atoms with E-state index in [1.165, 1.54) is 13.0 Å². The van der Waals surface area contributed by atoms with E-state index in [-0.39, 0.29) is 12.4 Å². The number of likely N-dealkylation sites (tertiary alicyclic amines) is 1. The van der Waals surface area contributed by atoms with Crippen molar-refractivity contribution < 1.29 is 0 Å². The Morgan fingerprint density at radius 3 is 2.40 bits per heavy atom. The zero-order valence-electron chi connectivity index (χ0n) is 9.61. The van der Waals surface area contributed by atoms with E-state index in [1.54, 1.807) is 32.1 Å². The second kappa shape index (κ2) is 3.13. The summed E-state index contributed by atoms with van der Waals surface area (Å²) in [5.74, 6) is 3.36. The zero-order chi connectivity index (χ0) is 9.34. The topological polar surface area (TPSA) is 3.24 Å². The van der Waals surface area contributed by atoms with Crippen molar-refractivity contribution in [3.05, 3.63) is 0 Å². The summed E-state index contributed by atoms with van der Waals surface area (Å²) in [6.07, 6.45) is 9.46. The maximum Gasteiger partial charge on any atom is 0.0178 e. The van der Waals surface area contributed by atoms with Gasteiger partial charge in [0.25, 0.3) is 0 Å². The summed E-state index contributed by atoms with van der Waals surface area (Å²) in [6, 6.07) is 0.996. The third-order valence-corrected chi connectivity index (χ3v) is 5.84.